The van der Waals surface area contributed by atoms with Gasteiger partial charge in [0.2, 0.25) is 11.8 Å². The summed E-state index contributed by atoms with van der Waals surface area (Å²) in [6.45, 7) is 0. The number of benzene rings is 2. The maximum absolute atomic E-state index is 13.2. The van der Waals surface area contributed by atoms with Gasteiger partial charge in [-0.15, -0.1) is 0 Å². The maximum Gasteiger partial charge on any atom is 0.328 e. The van der Waals surface area contributed by atoms with E-state index >= 15 is 0 Å². The monoisotopic (exact) mass is 432 g/mol. The van der Waals surface area contributed by atoms with E-state index in [0.29, 0.717) is 21.2 Å². The van der Waals surface area contributed by atoms with Crippen LogP contribution in [0.15, 0.2) is 48.5 Å². The number of hydrogen-bond donors (Lipinski definition) is 4. The second-order valence-corrected chi connectivity index (χ2v) is 7.57. The average Bonchev–Trinajstić information content (AvgIpc) is 2.66. The molecule has 0 saturated carbocycles. The highest BCUT2D eigenvalue weighted by molar-refractivity contribution is 6.31. The fraction of sp³-hybridized carbons (Fsp3) is 0.158. The molecule has 2 aliphatic heterocycles. The smallest absolute Gasteiger partial charge is 0.328 e. The lowest BCUT2D eigenvalue weighted by molar-refractivity contribution is -0.150. The van der Waals surface area contributed by atoms with E-state index in [1.54, 1.807) is 48.5 Å². The van der Waals surface area contributed by atoms with Crippen LogP contribution >= 0.6 is 23.2 Å². The number of hydrogen-bond acceptors (Lipinski definition) is 4. The van der Waals surface area contributed by atoms with Gasteiger partial charge in [-0.25, -0.2) is 9.59 Å². The summed E-state index contributed by atoms with van der Waals surface area (Å²) in [6, 6.07) is 9.15. The molecule has 29 heavy (non-hydrogen) atoms. The molecule has 1 spiro atoms. The van der Waals surface area contributed by atoms with Crippen LogP contribution in [-0.4, -0.2) is 23.9 Å². The molecular formula is C19H14Cl2N4O4. The molecule has 2 fully saturated rings. The zero-order valence-corrected chi connectivity index (χ0v) is 16.2. The minimum atomic E-state index is -1.92. The third kappa shape index (κ3) is 3.10. The Morgan fingerprint density at radius 2 is 1.14 bits per heavy atom. The minimum absolute atomic E-state index is 0.359. The molecule has 0 aromatic heterocycles. The van der Waals surface area contributed by atoms with Crippen molar-refractivity contribution >= 4 is 47.1 Å². The molecule has 2 atom stereocenters. The van der Waals surface area contributed by atoms with Gasteiger partial charge in [0.05, 0.1) is 12.1 Å². The van der Waals surface area contributed by atoms with Gasteiger partial charge in [0.15, 0.2) is 5.41 Å². The van der Waals surface area contributed by atoms with Gasteiger partial charge in [0.25, 0.3) is 0 Å². The SMILES string of the molecule is O=C1NC(=O)C2(C(=O)N1)[C@@H](c1cccc(Cl)c1)NC(=O)N[C@H]2c1cccc(Cl)c1. The average molecular weight is 433 g/mol. The highest BCUT2D eigenvalue weighted by Crippen LogP contribution is 2.48. The summed E-state index contributed by atoms with van der Waals surface area (Å²) in [5, 5.41) is 10.3. The summed E-state index contributed by atoms with van der Waals surface area (Å²) in [4.78, 5) is 50.6. The first-order valence-electron chi connectivity index (χ1n) is 8.57. The topological polar surface area (TPSA) is 116 Å². The second-order valence-electron chi connectivity index (χ2n) is 6.70. The molecule has 0 unspecified atom stereocenters. The predicted octanol–water partition coefficient (Wildman–Crippen LogP) is 2.44. The number of imide groups is 2. The first-order valence-corrected chi connectivity index (χ1v) is 9.33. The Morgan fingerprint density at radius 1 is 0.690 bits per heavy atom. The minimum Gasteiger partial charge on any atom is -0.330 e. The van der Waals surface area contributed by atoms with Crippen molar-refractivity contribution in [2.45, 2.75) is 12.1 Å². The lowest BCUT2D eigenvalue weighted by Gasteiger charge is -2.48. The Morgan fingerprint density at radius 3 is 1.55 bits per heavy atom. The molecule has 2 aromatic rings. The molecule has 0 aliphatic carbocycles. The van der Waals surface area contributed by atoms with Crippen molar-refractivity contribution < 1.29 is 19.2 Å². The van der Waals surface area contributed by atoms with Crippen molar-refractivity contribution in [3.63, 3.8) is 0 Å². The molecule has 4 N–H and O–H groups in total. The Kier molecular flexibility index (Phi) is 4.68. The Hall–Kier alpha value is -3.10. The molecule has 4 rings (SSSR count). The highest BCUT2D eigenvalue weighted by Gasteiger charge is 2.64. The quantitative estimate of drug-likeness (QED) is 0.545. The first kappa shape index (κ1) is 19.2. The van der Waals surface area contributed by atoms with Crippen LogP contribution in [0.4, 0.5) is 9.59 Å². The third-order valence-corrected chi connectivity index (χ3v) is 5.50. The van der Waals surface area contributed by atoms with Crippen LogP contribution in [0.1, 0.15) is 23.2 Å². The number of carbonyl (C=O) groups is 4. The van der Waals surface area contributed by atoms with Gasteiger partial charge < -0.3 is 10.6 Å². The summed E-state index contributed by atoms with van der Waals surface area (Å²) >= 11 is 12.2. The predicted molar refractivity (Wildman–Crippen MR) is 104 cm³/mol. The largest absolute Gasteiger partial charge is 0.330 e. The number of urea groups is 2. The lowest BCUT2D eigenvalue weighted by Crippen LogP contribution is -2.73. The van der Waals surface area contributed by atoms with Crippen LogP contribution in [0.2, 0.25) is 10.0 Å². The highest BCUT2D eigenvalue weighted by atomic mass is 35.5. The van der Waals surface area contributed by atoms with Crippen molar-refractivity contribution in [1.82, 2.24) is 21.3 Å². The zero-order valence-electron chi connectivity index (χ0n) is 14.7. The summed E-state index contributed by atoms with van der Waals surface area (Å²) in [6.07, 6.45) is 0. The summed E-state index contributed by atoms with van der Waals surface area (Å²) in [5.41, 5.74) is -1.06. The van der Waals surface area contributed by atoms with Gasteiger partial charge in [0.1, 0.15) is 0 Å². The number of amides is 6. The fourth-order valence-corrected chi connectivity index (χ4v) is 4.23. The van der Waals surface area contributed by atoms with E-state index in [4.69, 9.17) is 23.2 Å². The van der Waals surface area contributed by atoms with Crippen molar-refractivity contribution in [2.75, 3.05) is 0 Å². The summed E-state index contributed by atoms with van der Waals surface area (Å²) < 4.78 is 0. The molecule has 6 amide bonds. The van der Waals surface area contributed by atoms with Crippen molar-refractivity contribution in [1.29, 1.82) is 0 Å². The Labute approximate surface area is 174 Å². The van der Waals surface area contributed by atoms with Crippen LogP contribution in [-0.2, 0) is 9.59 Å². The van der Waals surface area contributed by atoms with Gasteiger partial charge in [-0.2, -0.15) is 0 Å². The van der Waals surface area contributed by atoms with Crippen molar-refractivity contribution in [2.24, 2.45) is 5.41 Å². The molecule has 2 aliphatic rings. The molecule has 2 saturated heterocycles. The van der Waals surface area contributed by atoms with Gasteiger partial charge in [0, 0.05) is 10.0 Å². The van der Waals surface area contributed by atoms with Crippen LogP contribution in [0.3, 0.4) is 0 Å². The van der Waals surface area contributed by atoms with E-state index in [9.17, 15) is 19.2 Å². The molecule has 0 bridgehead atoms. The second kappa shape index (κ2) is 7.06. The van der Waals surface area contributed by atoms with Crippen LogP contribution in [0.5, 0.6) is 0 Å². The number of carbonyl (C=O) groups excluding carboxylic acids is 4. The van der Waals surface area contributed by atoms with Crippen LogP contribution < -0.4 is 21.3 Å². The van der Waals surface area contributed by atoms with Gasteiger partial charge in [-0.05, 0) is 35.4 Å². The first-order chi connectivity index (χ1) is 13.8. The molecule has 2 heterocycles. The molecule has 2 aromatic carbocycles. The molecule has 10 heteroatoms. The van der Waals surface area contributed by atoms with Crippen molar-refractivity contribution in [3.8, 4) is 0 Å². The van der Waals surface area contributed by atoms with Crippen LogP contribution in [0, 0.1) is 5.41 Å². The number of barbiturate groups is 1. The fourth-order valence-electron chi connectivity index (χ4n) is 3.83. The van der Waals surface area contributed by atoms with Crippen LogP contribution in [0.25, 0.3) is 0 Å². The molecule has 8 nitrogen and oxygen atoms in total. The lowest BCUT2D eigenvalue weighted by atomic mass is 9.65. The molecule has 0 radical (unpaired) electrons. The number of nitrogens with one attached hydrogen (secondary N) is 4. The number of rotatable bonds is 2. The van der Waals surface area contributed by atoms with E-state index in [1.165, 1.54) is 0 Å². The van der Waals surface area contributed by atoms with Gasteiger partial charge in [-0.1, -0.05) is 47.5 Å². The number of halogens is 2. The van der Waals surface area contributed by atoms with Gasteiger partial charge in [-0.3, -0.25) is 20.2 Å². The standard InChI is InChI=1S/C19H14Cl2N4O4/c20-11-5-1-3-9(7-11)13-19(15(26)24-18(29)25-16(19)27)14(23-17(28)22-13)10-4-2-6-12(21)8-10/h1-8,13-14H,(H2,22,23,28)(H2,24,25,26,27,29)/t13-,14+. The van der Waals surface area contributed by atoms with E-state index in [1.807, 2.05) is 0 Å². The Bertz CT molecular complexity index is 979. The normalized spacial score (nSPS) is 23.1. The third-order valence-electron chi connectivity index (χ3n) is 5.03. The summed E-state index contributed by atoms with van der Waals surface area (Å²) in [7, 11) is 0. The van der Waals surface area contributed by atoms with E-state index in [0.717, 1.165) is 0 Å². The Balaban J connectivity index is 1.96. The van der Waals surface area contributed by atoms with E-state index < -0.39 is 41.4 Å². The zero-order chi connectivity index (χ0) is 20.8. The maximum atomic E-state index is 13.2. The van der Waals surface area contributed by atoms with Gasteiger partial charge >= 0.3 is 12.1 Å². The molecular weight excluding hydrogens is 419 g/mol. The van der Waals surface area contributed by atoms with E-state index in [-0.39, 0.29) is 0 Å². The molecule has 148 valence electrons. The summed E-state index contributed by atoms with van der Waals surface area (Å²) in [5.74, 6) is -1.71. The van der Waals surface area contributed by atoms with Crippen molar-refractivity contribution in [3.05, 3.63) is 69.7 Å². The van der Waals surface area contributed by atoms with E-state index in [2.05, 4.69) is 21.3 Å².